The summed E-state index contributed by atoms with van der Waals surface area (Å²) in [5, 5.41) is 10.8. The minimum atomic E-state index is -2.91. The van der Waals surface area contributed by atoms with Crippen LogP contribution in [0.25, 0.3) is 10.9 Å². The second-order valence-corrected chi connectivity index (χ2v) is 10.4. The second-order valence-electron chi connectivity index (χ2n) is 7.30. The topological polar surface area (TPSA) is 93.7 Å². The molecule has 4 rings (SSSR count). The van der Waals surface area contributed by atoms with Crippen LogP contribution in [-0.2, 0) is 14.6 Å². The molecule has 0 unspecified atom stereocenters. The number of fused-ring (bicyclic) bond motifs is 1. The summed E-state index contributed by atoms with van der Waals surface area (Å²) in [7, 11) is -2.91. The molecule has 7 nitrogen and oxygen atoms in total. The summed E-state index contributed by atoms with van der Waals surface area (Å²) in [5.41, 5.74) is 1.67. The zero-order valence-electron chi connectivity index (χ0n) is 14.8. The first kappa shape index (κ1) is 18.9. The van der Waals surface area contributed by atoms with Crippen molar-refractivity contribution in [3.05, 3.63) is 34.4 Å². The number of H-pyrrole nitrogens is 1. The van der Waals surface area contributed by atoms with Crippen LogP contribution < -0.4 is 0 Å². The molecule has 27 heavy (non-hydrogen) atoms. The highest BCUT2D eigenvalue weighted by atomic mass is 79.9. The number of benzene rings is 1. The molecule has 2 saturated heterocycles. The number of carboxylic acids is 1. The fourth-order valence-corrected chi connectivity index (χ4v) is 6.37. The fourth-order valence-electron chi connectivity index (χ4n) is 4.25. The van der Waals surface area contributed by atoms with Gasteiger partial charge in [0.15, 0.2) is 9.84 Å². The van der Waals surface area contributed by atoms with Gasteiger partial charge in [-0.3, -0.25) is 14.6 Å². The molecular formula is C18H22BrN3O4S. The van der Waals surface area contributed by atoms with E-state index in [1.807, 2.05) is 23.1 Å². The number of hydrogen-bond acceptors (Lipinski definition) is 5. The van der Waals surface area contributed by atoms with Crippen LogP contribution in [0.4, 0.5) is 0 Å². The molecule has 3 heterocycles. The summed E-state index contributed by atoms with van der Waals surface area (Å²) in [6.45, 7) is 2.59. The zero-order chi connectivity index (χ0) is 19.2. The SMILES string of the molecule is O=C(O)[C@@H](c1c[nH]c2ccc(Br)cc12)N1CCN([C@H]2CCS(=O)(=O)C2)CC1. The van der Waals surface area contributed by atoms with E-state index in [9.17, 15) is 18.3 Å². The maximum absolute atomic E-state index is 12.1. The molecule has 2 aromatic rings. The molecule has 2 aliphatic rings. The third-order valence-corrected chi connectivity index (χ3v) is 7.89. The number of hydrogen-bond donors (Lipinski definition) is 2. The highest BCUT2D eigenvalue weighted by molar-refractivity contribution is 9.10. The molecule has 146 valence electrons. The molecule has 9 heteroatoms. The lowest BCUT2D eigenvalue weighted by molar-refractivity contribution is -0.144. The fraction of sp³-hybridized carbons (Fsp3) is 0.500. The third kappa shape index (κ3) is 3.78. The Morgan fingerprint density at radius 3 is 2.63 bits per heavy atom. The van der Waals surface area contributed by atoms with E-state index >= 15 is 0 Å². The molecule has 0 bridgehead atoms. The van der Waals surface area contributed by atoms with Crippen molar-refractivity contribution in [2.75, 3.05) is 37.7 Å². The number of sulfone groups is 1. The maximum atomic E-state index is 12.1. The lowest BCUT2D eigenvalue weighted by atomic mass is 10.0. The highest BCUT2D eigenvalue weighted by Gasteiger charge is 2.37. The Labute approximate surface area is 166 Å². The normalized spacial score (nSPS) is 25.0. The Bertz CT molecular complexity index is 966. The number of nitrogens with zero attached hydrogens (tertiary/aromatic N) is 2. The van der Waals surface area contributed by atoms with Gasteiger partial charge in [0.2, 0.25) is 0 Å². The summed E-state index contributed by atoms with van der Waals surface area (Å²) in [6.07, 6.45) is 2.47. The number of aromatic amines is 1. The lowest BCUT2D eigenvalue weighted by Gasteiger charge is -2.40. The molecule has 0 saturated carbocycles. The molecule has 2 N–H and O–H groups in total. The van der Waals surface area contributed by atoms with Crippen molar-refractivity contribution in [1.29, 1.82) is 0 Å². The number of halogens is 1. The van der Waals surface area contributed by atoms with E-state index in [-0.39, 0.29) is 17.5 Å². The van der Waals surface area contributed by atoms with Crippen LogP contribution in [0.15, 0.2) is 28.9 Å². The van der Waals surface area contributed by atoms with E-state index in [1.54, 1.807) is 6.20 Å². The van der Waals surface area contributed by atoms with Crippen LogP contribution >= 0.6 is 15.9 Å². The summed E-state index contributed by atoms with van der Waals surface area (Å²) >= 11 is 3.46. The van der Waals surface area contributed by atoms with Crippen molar-refractivity contribution in [3.63, 3.8) is 0 Å². The molecule has 1 aromatic heterocycles. The van der Waals surface area contributed by atoms with Gasteiger partial charge in [0.05, 0.1) is 11.5 Å². The van der Waals surface area contributed by atoms with Gasteiger partial charge in [-0.15, -0.1) is 0 Å². The summed E-state index contributed by atoms with van der Waals surface area (Å²) in [4.78, 5) is 19.4. The third-order valence-electron chi connectivity index (χ3n) is 5.64. The van der Waals surface area contributed by atoms with Crippen LogP contribution in [0.1, 0.15) is 18.0 Å². The summed E-state index contributed by atoms with van der Waals surface area (Å²) in [5.74, 6) is -0.376. The summed E-state index contributed by atoms with van der Waals surface area (Å²) in [6, 6.07) is 5.15. The predicted molar refractivity (Wildman–Crippen MR) is 107 cm³/mol. The Balaban J connectivity index is 1.52. The van der Waals surface area contributed by atoms with Crippen LogP contribution in [0.5, 0.6) is 0 Å². The molecule has 2 atom stereocenters. The van der Waals surface area contributed by atoms with E-state index in [4.69, 9.17) is 0 Å². The smallest absolute Gasteiger partial charge is 0.325 e. The predicted octanol–water partition coefficient (Wildman–Crippen LogP) is 1.86. The lowest BCUT2D eigenvalue weighted by Crippen LogP contribution is -2.52. The first-order chi connectivity index (χ1) is 12.8. The first-order valence-corrected chi connectivity index (χ1v) is 11.6. The van der Waals surface area contributed by atoms with Gasteiger partial charge in [-0.1, -0.05) is 15.9 Å². The quantitative estimate of drug-likeness (QED) is 0.730. The molecule has 2 fully saturated rings. The van der Waals surface area contributed by atoms with Crippen molar-refractivity contribution < 1.29 is 18.3 Å². The van der Waals surface area contributed by atoms with Gasteiger partial charge in [-0.25, -0.2) is 8.42 Å². The van der Waals surface area contributed by atoms with Crippen molar-refractivity contribution in [2.45, 2.75) is 18.5 Å². The van der Waals surface area contributed by atoms with Crippen molar-refractivity contribution in [2.24, 2.45) is 0 Å². The van der Waals surface area contributed by atoms with E-state index < -0.39 is 21.8 Å². The highest BCUT2D eigenvalue weighted by Crippen LogP contribution is 2.32. The van der Waals surface area contributed by atoms with Crippen molar-refractivity contribution >= 4 is 42.6 Å². The van der Waals surface area contributed by atoms with E-state index in [2.05, 4.69) is 25.8 Å². The van der Waals surface area contributed by atoms with Crippen LogP contribution in [-0.4, -0.2) is 78.0 Å². The van der Waals surface area contributed by atoms with Crippen LogP contribution in [0.2, 0.25) is 0 Å². The number of piperazine rings is 1. The minimum Gasteiger partial charge on any atom is -0.480 e. The van der Waals surface area contributed by atoms with Gasteiger partial charge in [-0.05, 0) is 24.6 Å². The van der Waals surface area contributed by atoms with E-state index in [0.29, 0.717) is 32.6 Å². The largest absolute Gasteiger partial charge is 0.480 e. The number of aliphatic carboxylic acids is 1. The molecular weight excluding hydrogens is 434 g/mol. The Hall–Kier alpha value is -1.42. The standard InChI is InChI=1S/C18H22BrN3O4S/c19-12-1-2-16-14(9-12)15(10-20-16)17(18(23)24)22-6-4-21(5-7-22)13-3-8-27(25,26)11-13/h1-2,9-10,13,17,20H,3-8,11H2,(H,23,24)/t13-,17+/m0/s1. The van der Waals surface area contributed by atoms with Crippen LogP contribution in [0.3, 0.4) is 0 Å². The van der Waals surface area contributed by atoms with Crippen molar-refractivity contribution in [1.82, 2.24) is 14.8 Å². The Kier molecular flexibility index (Phi) is 5.04. The second kappa shape index (κ2) is 7.20. The van der Waals surface area contributed by atoms with Gasteiger partial charge in [0.1, 0.15) is 6.04 Å². The molecule has 1 aromatic carbocycles. The minimum absolute atomic E-state index is 0.0736. The monoisotopic (exact) mass is 455 g/mol. The molecule has 2 aliphatic heterocycles. The zero-order valence-corrected chi connectivity index (χ0v) is 17.2. The summed E-state index contributed by atoms with van der Waals surface area (Å²) < 4.78 is 24.4. The number of carboxylic acid groups (broad SMARTS) is 1. The van der Waals surface area contributed by atoms with Gasteiger partial charge in [-0.2, -0.15) is 0 Å². The average molecular weight is 456 g/mol. The Morgan fingerprint density at radius 2 is 2.00 bits per heavy atom. The van der Waals surface area contributed by atoms with Crippen molar-refractivity contribution in [3.8, 4) is 0 Å². The first-order valence-electron chi connectivity index (χ1n) is 9.02. The molecule has 0 spiro atoms. The van der Waals surface area contributed by atoms with Gasteiger partial charge in [0.25, 0.3) is 0 Å². The number of aromatic nitrogens is 1. The molecule has 0 radical (unpaired) electrons. The number of nitrogens with one attached hydrogen (secondary N) is 1. The number of rotatable bonds is 4. The average Bonchev–Trinajstić information content (AvgIpc) is 3.19. The van der Waals surface area contributed by atoms with Gasteiger partial charge in [0, 0.05) is 59.4 Å². The molecule has 0 amide bonds. The maximum Gasteiger partial charge on any atom is 0.325 e. The van der Waals surface area contributed by atoms with E-state index in [0.717, 1.165) is 20.9 Å². The van der Waals surface area contributed by atoms with Gasteiger partial charge >= 0.3 is 5.97 Å². The van der Waals surface area contributed by atoms with Gasteiger partial charge < -0.3 is 10.1 Å². The molecule has 0 aliphatic carbocycles. The van der Waals surface area contributed by atoms with E-state index in [1.165, 1.54) is 0 Å². The number of carbonyl (C=O) groups is 1. The van der Waals surface area contributed by atoms with Crippen LogP contribution in [0, 0.1) is 0 Å². The Morgan fingerprint density at radius 1 is 1.26 bits per heavy atom.